The summed E-state index contributed by atoms with van der Waals surface area (Å²) in [5, 5.41) is 3.28. The van der Waals surface area contributed by atoms with Gasteiger partial charge in [-0.1, -0.05) is 55.5 Å². The Hall–Kier alpha value is -1.60. The summed E-state index contributed by atoms with van der Waals surface area (Å²) < 4.78 is 0. The summed E-state index contributed by atoms with van der Waals surface area (Å²) in [7, 11) is 2.04. The fourth-order valence-electron chi connectivity index (χ4n) is 3.46. The molecule has 1 N–H and O–H groups in total. The predicted molar refractivity (Wildman–Crippen MR) is 86.2 cm³/mol. The maximum absolute atomic E-state index is 3.28. The average molecular weight is 265 g/mol. The Bertz CT molecular complexity index is 574. The zero-order valence-electron chi connectivity index (χ0n) is 12.4. The number of rotatable bonds is 4. The second-order valence-corrected chi connectivity index (χ2v) is 5.94. The van der Waals surface area contributed by atoms with Crippen LogP contribution in [0.25, 0.3) is 11.1 Å². The predicted octanol–water partition coefficient (Wildman–Crippen LogP) is 4.55. The van der Waals surface area contributed by atoms with Gasteiger partial charge in [0.05, 0.1) is 0 Å². The van der Waals surface area contributed by atoms with Crippen LogP contribution in [-0.4, -0.2) is 13.6 Å². The molecule has 0 amide bonds. The van der Waals surface area contributed by atoms with Crippen molar-refractivity contribution in [2.24, 2.45) is 0 Å². The molecule has 1 nitrogen and oxygen atoms in total. The molecule has 0 radical (unpaired) electrons. The lowest BCUT2D eigenvalue weighted by Crippen LogP contribution is -2.10. The van der Waals surface area contributed by atoms with Crippen molar-refractivity contribution < 1.29 is 0 Å². The zero-order chi connectivity index (χ0) is 13.9. The molecule has 0 bridgehead atoms. The summed E-state index contributed by atoms with van der Waals surface area (Å²) >= 11 is 0. The van der Waals surface area contributed by atoms with Gasteiger partial charge >= 0.3 is 0 Å². The van der Waals surface area contributed by atoms with Gasteiger partial charge in [-0.05, 0) is 60.5 Å². The molecular formula is C19H23N. The van der Waals surface area contributed by atoms with Crippen molar-refractivity contribution in [2.45, 2.75) is 31.6 Å². The quantitative estimate of drug-likeness (QED) is 0.855. The van der Waals surface area contributed by atoms with Crippen molar-refractivity contribution in [2.75, 3.05) is 13.6 Å². The van der Waals surface area contributed by atoms with Gasteiger partial charge in [-0.2, -0.15) is 0 Å². The molecule has 0 aliphatic heterocycles. The van der Waals surface area contributed by atoms with E-state index in [4.69, 9.17) is 0 Å². The van der Waals surface area contributed by atoms with E-state index in [0.717, 1.165) is 12.5 Å². The maximum Gasteiger partial charge on any atom is -0.00461 e. The van der Waals surface area contributed by atoms with Crippen LogP contribution < -0.4 is 5.32 Å². The first-order valence-electron chi connectivity index (χ1n) is 7.63. The lowest BCUT2D eigenvalue weighted by molar-refractivity contribution is 0.560. The van der Waals surface area contributed by atoms with E-state index >= 15 is 0 Å². The summed E-state index contributed by atoms with van der Waals surface area (Å²) in [6, 6.07) is 17.8. The van der Waals surface area contributed by atoms with Gasteiger partial charge in [0.15, 0.2) is 0 Å². The van der Waals surface area contributed by atoms with Gasteiger partial charge in [-0.3, -0.25) is 0 Å². The molecule has 20 heavy (non-hydrogen) atoms. The summed E-state index contributed by atoms with van der Waals surface area (Å²) in [5.41, 5.74) is 5.81. The lowest BCUT2D eigenvalue weighted by Gasteiger charge is -2.12. The summed E-state index contributed by atoms with van der Waals surface area (Å²) in [4.78, 5) is 0. The van der Waals surface area contributed by atoms with E-state index in [-0.39, 0.29) is 0 Å². The molecular weight excluding hydrogens is 242 g/mol. The minimum Gasteiger partial charge on any atom is -0.320 e. The van der Waals surface area contributed by atoms with Gasteiger partial charge in [0, 0.05) is 0 Å². The molecule has 1 aliphatic carbocycles. The molecule has 2 aromatic rings. The third-order valence-electron chi connectivity index (χ3n) is 4.55. The van der Waals surface area contributed by atoms with Crippen molar-refractivity contribution in [1.82, 2.24) is 5.32 Å². The Balaban J connectivity index is 1.92. The Morgan fingerprint density at radius 2 is 1.80 bits per heavy atom. The van der Waals surface area contributed by atoms with Crippen LogP contribution in [0.2, 0.25) is 0 Å². The Morgan fingerprint density at radius 1 is 1.00 bits per heavy atom. The van der Waals surface area contributed by atoms with Crippen LogP contribution in [0.5, 0.6) is 0 Å². The number of nitrogens with one attached hydrogen (secondary N) is 1. The molecule has 0 spiro atoms. The highest BCUT2D eigenvalue weighted by molar-refractivity contribution is 5.65. The first-order chi connectivity index (χ1) is 9.79. The van der Waals surface area contributed by atoms with Gasteiger partial charge in [0.2, 0.25) is 0 Å². The van der Waals surface area contributed by atoms with Crippen LogP contribution in [-0.2, 0) is 0 Å². The standard InChI is InChI=1S/C19H23N/c1-14-12-17(10-11-20-2)18-9-8-16(13-19(14)18)15-6-4-3-5-7-15/h3-9,13-14,17,20H,10-12H2,1-2H3/t14-,17-/m1/s1. The van der Waals surface area contributed by atoms with Crippen LogP contribution in [0, 0.1) is 0 Å². The molecule has 2 aromatic carbocycles. The molecule has 1 heteroatoms. The first-order valence-corrected chi connectivity index (χ1v) is 7.63. The van der Waals surface area contributed by atoms with Crippen LogP contribution in [0.4, 0.5) is 0 Å². The van der Waals surface area contributed by atoms with E-state index in [1.165, 1.54) is 24.0 Å². The average Bonchev–Trinajstić information content (AvgIpc) is 2.82. The summed E-state index contributed by atoms with van der Waals surface area (Å²) in [5.74, 6) is 1.42. The SMILES string of the molecule is CNCC[C@@H]1C[C@@H](C)c2cc(-c3ccccc3)ccc21. The first kappa shape index (κ1) is 13.4. The van der Waals surface area contributed by atoms with E-state index in [2.05, 4.69) is 60.8 Å². The van der Waals surface area contributed by atoms with Crippen LogP contribution >= 0.6 is 0 Å². The van der Waals surface area contributed by atoms with Crippen LogP contribution in [0.1, 0.15) is 42.7 Å². The Labute approximate surface area is 122 Å². The molecule has 104 valence electrons. The molecule has 3 rings (SSSR count). The molecule has 0 saturated carbocycles. The smallest absolute Gasteiger partial charge is 0.00461 e. The molecule has 0 aromatic heterocycles. The van der Waals surface area contributed by atoms with E-state index in [1.54, 1.807) is 11.1 Å². The van der Waals surface area contributed by atoms with Gasteiger partial charge in [-0.25, -0.2) is 0 Å². The van der Waals surface area contributed by atoms with Crippen LogP contribution in [0.15, 0.2) is 48.5 Å². The molecule has 0 unspecified atom stereocenters. The number of benzene rings is 2. The second kappa shape index (κ2) is 5.80. The van der Waals surface area contributed by atoms with E-state index < -0.39 is 0 Å². The van der Waals surface area contributed by atoms with Gasteiger partial charge in [0.1, 0.15) is 0 Å². The van der Waals surface area contributed by atoms with Gasteiger partial charge < -0.3 is 5.32 Å². The van der Waals surface area contributed by atoms with Crippen molar-refractivity contribution in [1.29, 1.82) is 0 Å². The monoisotopic (exact) mass is 265 g/mol. The number of hydrogen-bond donors (Lipinski definition) is 1. The Morgan fingerprint density at radius 3 is 2.55 bits per heavy atom. The van der Waals surface area contributed by atoms with Gasteiger partial charge in [-0.15, -0.1) is 0 Å². The third kappa shape index (κ3) is 2.51. The largest absolute Gasteiger partial charge is 0.320 e. The molecule has 2 atom stereocenters. The third-order valence-corrected chi connectivity index (χ3v) is 4.55. The van der Waals surface area contributed by atoms with Crippen molar-refractivity contribution >= 4 is 0 Å². The lowest BCUT2D eigenvalue weighted by atomic mass is 9.95. The minimum absolute atomic E-state index is 0.690. The summed E-state index contributed by atoms with van der Waals surface area (Å²) in [6.07, 6.45) is 2.55. The fourth-order valence-corrected chi connectivity index (χ4v) is 3.46. The van der Waals surface area contributed by atoms with Crippen LogP contribution in [0.3, 0.4) is 0 Å². The van der Waals surface area contributed by atoms with E-state index in [9.17, 15) is 0 Å². The highest BCUT2D eigenvalue weighted by Crippen LogP contribution is 2.44. The topological polar surface area (TPSA) is 12.0 Å². The molecule has 0 saturated heterocycles. The highest BCUT2D eigenvalue weighted by Gasteiger charge is 2.27. The number of fused-ring (bicyclic) bond motifs is 1. The van der Waals surface area contributed by atoms with Crippen molar-refractivity contribution in [3.63, 3.8) is 0 Å². The summed E-state index contributed by atoms with van der Waals surface area (Å²) in [6.45, 7) is 3.48. The van der Waals surface area contributed by atoms with Crippen molar-refractivity contribution in [3.05, 3.63) is 59.7 Å². The maximum atomic E-state index is 3.28. The van der Waals surface area contributed by atoms with Crippen molar-refractivity contribution in [3.8, 4) is 11.1 Å². The van der Waals surface area contributed by atoms with E-state index in [1.807, 2.05) is 7.05 Å². The fraction of sp³-hybridized carbons (Fsp3) is 0.368. The minimum atomic E-state index is 0.690. The molecule has 0 fully saturated rings. The number of hydrogen-bond acceptors (Lipinski definition) is 1. The molecule has 1 aliphatic rings. The zero-order valence-corrected chi connectivity index (χ0v) is 12.4. The second-order valence-electron chi connectivity index (χ2n) is 5.94. The normalized spacial score (nSPS) is 20.9. The Kier molecular flexibility index (Phi) is 3.88. The van der Waals surface area contributed by atoms with Gasteiger partial charge in [0.25, 0.3) is 0 Å². The highest BCUT2D eigenvalue weighted by atomic mass is 14.8. The molecule has 0 heterocycles. The van der Waals surface area contributed by atoms with E-state index in [0.29, 0.717) is 5.92 Å².